The van der Waals surface area contributed by atoms with Gasteiger partial charge >= 0.3 is 0 Å². The maximum Gasteiger partial charge on any atom is 0.162 e. The Kier molecular flexibility index (Phi) is 1.74. The number of aromatic nitrogens is 4. The molecule has 0 bridgehead atoms. The van der Waals surface area contributed by atoms with E-state index < -0.39 is 0 Å². The predicted octanol–water partition coefficient (Wildman–Crippen LogP) is 0.934. The lowest BCUT2D eigenvalue weighted by Crippen LogP contribution is -1.88. The molecule has 0 spiro atoms. The molecule has 4 nitrogen and oxygen atoms in total. The summed E-state index contributed by atoms with van der Waals surface area (Å²) >= 11 is 0. The van der Waals surface area contributed by atoms with Gasteiger partial charge in [0.05, 0.1) is 0 Å². The van der Waals surface area contributed by atoms with E-state index in [1.807, 2.05) is 12.1 Å². The van der Waals surface area contributed by atoms with Gasteiger partial charge in [0, 0.05) is 18.0 Å². The first-order valence-electron chi connectivity index (χ1n) is 3.49. The molecule has 2 heterocycles. The van der Waals surface area contributed by atoms with Crippen LogP contribution in [-0.2, 0) is 0 Å². The fourth-order valence-corrected chi connectivity index (χ4v) is 0.889. The first kappa shape index (κ1) is 6.84. The first-order valence-corrected chi connectivity index (χ1v) is 3.49. The van der Waals surface area contributed by atoms with Crippen molar-refractivity contribution in [1.29, 1.82) is 0 Å². The molecule has 0 aromatic carbocycles. The molecular weight excluding hydrogens is 152 g/mol. The molecule has 0 amide bonds. The number of hydrogen-bond acceptors (Lipinski definition) is 4. The highest BCUT2D eigenvalue weighted by atomic mass is 15.0. The summed E-state index contributed by atoms with van der Waals surface area (Å²) in [5.74, 6) is 0.674. The maximum atomic E-state index is 4.00. The molecule has 58 valence electrons. The molecule has 0 unspecified atom stereocenters. The van der Waals surface area contributed by atoms with E-state index in [4.69, 9.17) is 0 Å². The summed E-state index contributed by atoms with van der Waals surface area (Å²) in [7, 11) is 0. The molecule has 0 N–H and O–H groups in total. The zero-order valence-corrected chi connectivity index (χ0v) is 6.25. The van der Waals surface area contributed by atoms with Gasteiger partial charge in [-0.3, -0.25) is 4.98 Å². The average Bonchev–Trinajstić information content (AvgIpc) is 2.21. The highest BCUT2D eigenvalue weighted by molar-refractivity contribution is 5.52. The average molecular weight is 158 g/mol. The van der Waals surface area contributed by atoms with Crippen molar-refractivity contribution in [1.82, 2.24) is 19.9 Å². The van der Waals surface area contributed by atoms with Crippen LogP contribution in [0.15, 0.2) is 37.2 Å². The van der Waals surface area contributed by atoms with Crippen molar-refractivity contribution in [3.8, 4) is 11.4 Å². The Bertz CT molecular complexity index is 308. The lowest BCUT2D eigenvalue weighted by atomic mass is 10.2. The molecular formula is C8H6N4. The van der Waals surface area contributed by atoms with Gasteiger partial charge in [-0.05, 0) is 12.1 Å². The zero-order valence-electron chi connectivity index (χ0n) is 6.25. The predicted molar refractivity (Wildman–Crippen MR) is 43.1 cm³/mol. The molecule has 0 aliphatic heterocycles. The Morgan fingerprint density at radius 1 is 0.833 bits per heavy atom. The lowest BCUT2D eigenvalue weighted by Gasteiger charge is -1.95. The fraction of sp³-hybridized carbons (Fsp3) is 0. The van der Waals surface area contributed by atoms with E-state index >= 15 is 0 Å². The van der Waals surface area contributed by atoms with Crippen molar-refractivity contribution >= 4 is 0 Å². The fourth-order valence-electron chi connectivity index (χ4n) is 0.889. The number of pyridine rings is 1. The second-order valence-electron chi connectivity index (χ2n) is 2.20. The third-order valence-electron chi connectivity index (χ3n) is 1.43. The van der Waals surface area contributed by atoms with Crippen LogP contribution in [-0.4, -0.2) is 19.9 Å². The van der Waals surface area contributed by atoms with Crippen LogP contribution in [0.1, 0.15) is 0 Å². The van der Waals surface area contributed by atoms with Crippen molar-refractivity contribution in [3.63, 3.8) is 0 Å². The Hall–Kier alpha value is -1.84. The third-order valence-corrected chi connectivity index (χ3v) is 1.43. The van der Waals surface area contributed by atoms with Gasteiger partial charge in [0.25, 0.3) is 0 Å². The Balaban J connectivity index is 2.46. The summed E-state index contributed by atoms with van der Waals surface area (Å²) in [4.78, 5) is 15.6. The van der Waals surface area contributed by atoms with Gasteiger partial charge in [0.2, 0.25) is 0 Å². The summed E-state index contributed by atoms with van der Waals surface area (Å²) < 4.78 is 0. The normalized spacial score (nSPS) is 9.67. The number of hydrogen-bond donors (Lipinski definition) is 0. The van der Waals surface area contributed by atoms with Crippen molar-refractivity contribution in [3.05, 3.63) is 37.2 Å². The van der Waals surface area contributed by atoms with E-state index in [1.54, 1.807) is 12.4 Å². The van der Waals surface area contributed by atoms with Crippen molar-refractivity contribution in [2.45, 2.75) is 0 Å². The summed E-state index contributed by atoms with van der Waals surface area (Å²) in [5.41, 5.74) is 0.951. The van der Waals surface area contributed by atoms with Gasteiger partial charge in [-0.1, -0.05) is 0 Å². The van der Waals surface area contributed by atoms with Gasteiger partial charge in [-0.2, -0.15) is 0 Å². The smallest absolute Gasteiger partial charge is 0.162 e. The standard InChI is InChI=1S/C8H6N4/c1-3-9-4-2-7(1)8-11-5-10-6-12-8/h1-6H. The quantitative estimate of drug-likeness (QED) is 0.619. The van der Waals surface area contributed by atoms with Gasteiger partial charge in [0.1, 0.15) is 12.7 Å². The molecule has 0 fully saturated rings. The highest BCUT2D eigenvalue weighted by Crippen LogP contribution is 2.09. The largest absolute Gasteiger partial charge is 0.265 e. The Morgan fingerprint density at radius 3 is 2.17 bits per heavy atom. The molecule has 0 saturated carbocycles. The second-order valence-corrected chi connectivity index (χ2v) is 2.20. The number of nitrogens with zero attached hydrogens (tertiary/aromatic N) is 4. The van der Waals surface area contributed by atoms with Crippen LogP contribution in [0.2, 0.25) is 0 Å². The molecule has 2 aromatic heterocycles. The van der Waals surface area contributed by atoms with Crippen molar-refractivity contribution < 1.29 is 0 Å². The van der Waals surface area contributed by atoms with E-state index in [0.717, 1.165) is 5.56 Å². The van der Waals surface area contributed by atoms with Gasteiger partial charge in [0.15, 0.2) is 5.82 Å². The van der Waals surface area contributed by atoms with Crippen LogP contribution in [0.5, 0.6) is 0 Å². The lowest BCUT2D eigenvalue weighted by molar-refractivity contribution is 1.05. The summed E-state index contributed by atoms with van der Waals surface area (Å²) in [6.45, 7) is 0. The minimum Gasteiger partial charge on any atom is -0.265 e. The van der Waals surface area contributed by atoms with Gasteiger partial charge in [-0.15, -0.1) is 0 Å². The molecule has 0 aliphatic carbocycles. The maximum absolute atomic E-state index is 4.00. The van der Waals surface area contributed by atoms with Gasteiger partial charge in [-0.25, -0.2) is 15.0 Å². The van der Waals surface area contributed by atoms with Crippen molar-refractivity contribution in [2.24, 2.45) is 0 Å². The third kappa shape index (κ3) is 1.27. The van der Waals surface area contributed by atoms with Crippen molar-refractivity contribution in [2.75, 3.05) is 0 Å². The van der Waals surface area contributed by atoms with E-state index in [0.29, 0.717) is 5.82 Å². The highest BCUT2D eigenvalue weighted by Gasteiger charge is 1.96. The van der Waals surface area contributed by atoms with E-state index in [2.05, 4.69) is 19.9 Å². The molecule has 2 aromatic rings. The minimum absolute atomic E-state index is 0.674. The van der Waals surface area contributed by atoms with E-state index in [1.165, 1.54) is 12.7 Å². The molecule has 0 radical (unpaired) electrons. The zero-order chi connectivity index (χ0) is 8.23. The molecule has 0 aliphatic rings. The molecule has 0 atom stereocenters. The van der Waals surface area contributed by atoms with Crippen LogP contribution in [0.4, 0.5) is 0 Å². The Labute approximate surface area is 69.4 Å². The molecule has 4 heteroatoms. The second kappa shape index (κ2) is 3.04. The van der Waals surface area contributed by atoms with E-state index in [9.17, 15) is 0 Å². The van der Waals surface area contributed by atoms with Crippen LogP contribution >= 0.6 is 0 Å². The molecule has 12 heavy (non-hydrogen) atoms. The SMILES string of the molecule is c1cc(-c2ncncn2)ccn1. The van der Waals surface area contributed by atoms with Crippen LogP contribution in [0, 0.1) is 0 Å². The van der Waals surface area contributed by atoms with Gasteiger partial charge < -0.3 is 0 Å². The summed E-state index contributed by atoms with van der Waals surface area (Å²) in [5, 5.41) is 0. The van der Waals surface area contributed by atoms with E-state index in [-0.39, 0.29) is 0 Å². The topological polar surface area (TPSA) is 51.6 Å². The molecule has 2 rings (SSSR count). The van der Waals surface area contributed by atoms with Crippen LogP contribution < -0.4 is 0 Å². The molecule has 0 saturated heterocycles. The summed E-state index contributed by atoms with van der Waals surface area (Å²) in [6, 6.07) is 3.71. The number of rotatable bonds is 1. The first-order chi connectivity index (χ1) is 5.97. The Morgan fingerprint density at radius 2 is 1.50 bits per heavy atom. The minimum atomic E-state index is 0.674. The monoisotopic (exact) mass is 158 g/mol. The van der Waals surface area contributed by atoms with Crippen LogP contribution in [0.3, 0.4) is 0 Å². The summed E-state index contributed by atoms with van der Waals surface area (Å²) in [6.07, 6.45) is 6.36. The van der Waals surface area contributed by atoms with Crippen LogP contribution in [0.25, 0.3) is 11.4 Å².